The lowest BCUT2D eigenvalue weighted by atomic mass is 9.59. The zero-order valence-electron chi connectivity index (χ0n) is 11.2. The van der Waals surface area contributed by atoms with E-state index in [2.05, 4.69) is 0 Å². The van der Waals surface area contributed by atoms with Crippen molar-refractivity contribution in [2.45, 2.75) is 54.1 Å². The van der Waals surface area contributed by atoms with Crippen molar-refractivity contribution in [1.82, 2.24) is 0 Å². The average molecular weight is 254 g/mol. The number of carboxylic acids is 1. The SMILES string of the molecule is CC(C)(C)CC(C(=O)O)(C(C)(C)C)C(F)(F)F. The third-order valence-corrected chi connectivity index (χ3v) is 2.92. The summed E-state index contributed by atoms with van der Waals surface area (Å²) in [5, 5.41) is 9.14. The highest BCUT2D eigenvalue weighted by molar-refractivity contribution is 5.77. The fourth-order valence-electron chi connectivity index (χ4n) is 2.10. The number of halogens is 3. The largest absolute Gasteiger partial charge is 0.481 e. The molecule has 0 aliphatic carbocycles. The van der Waals surface area contributed by atoms with E-state index in [-0.39, 0.29) is 0 Å². The van der Waals surface area contributed by atoms with E-state index in [0.717, 1.165) is 0 Å². The van der Waals surface area contributed by atoms with E-state index in [1.54, 1.807) is 20.8 Å². The molecule has 0 amide bonds. The summed E-state index contributed by atoms with van der Waals surface area (Å²) in [7, 11) is 0. The molecule has 0 bridgehead atoms. The molecule has 102 valence electrons. The van der Waals surface area contributed by atoms with Crippen LogP contribution in [0.1, 0.15) is 48.0 Å². The van der Waals surface area contributed by atoms with E-state index in [0.29, 0.717) is 0 Å². The predicted octanol–water partition coefficient (Wildman–Crippen LogP) is 4.10. The summed E-state index contributed by atoms with van der Waals surface area (Å²) in [5.74, 6) is -1.80. The molecule has 5 heteroatoms. The molecule has 1 atom stereocenters. The van der Waals surface area contributed by atoms with Gasteiger partial charge in [0.05, 0.1) is 0 Å². The van der Waals surface area contributed by atoms with Gasteiger partial charge in [0.1, 0.15) is 0 Å². The molecule has 2 nitrogen and oxygen atoms in total. The Morgan fingerprint density at radius 3 is 1.41 bits per heavy atom. The van der Waals surface area contributed by atoms with Crippen molar-refractivity contribution < 1.29 is 23.1 Å². The van der Waals surface area contributed by atoms with Crippen LogP contribution in [0.25, 0.3) is 0 Å². The van der Waals surface area contributed by atoms with Crippen molar-refractivity contribution in [3.05, 3.63) is 0 Å². The van der Waals surface area contributed by atoms with Gasteiger partial charge in [0.15, 0.2) is 5.41 Å². The minimum atomic E-state index is -4.77. The van der Waals surface area contributed by atoms with Gasteiger partial charge >= 0.3 is 12.1 Å². The molecule has 0 aromatic rings. The molecule has 0 aromatic carbocycles. The standard InChI is InChI=1S/C12H21F3O2/c1-9(2,3)7-11(8(16)17,10(4,5)6)12(13,14)15/h7H2,1-6H3,(H,16,17). The van der Waals surface area contributed by atoms with E-state index >= 15 is 0 Å². The van der Waals surface area contributed by atoms with Crippen molar-refractivity contribution in [1.29, 1.82) is 0 Å². The van der Waals surface area contributed by atoms with Crippen LogP contribution in [-0.4, -0.2) is 17.3 Å². The molecule has 0 saturated carbocycles. The molecular weight excluding hydrogens is 233 g/mol. The Hall–Kier alpha value is -0.740. The summed E-state index contributed by atoms with van der Waals surface area (Å²) < 4.78 is 39.8. The highest BCUT2D eigenvalue weighted by Gasteiger charge is 2.67. The van der Waals surface area contributed by atoms with Gasteiger partial charge in [-0.05, 0) is 17.3 Å². The molecule has 0 aromatic heterocycles. The van der Waals surface area contributed by atoms with E-state index in [4.69, 9.17) is 5.11 Å². The molecule has 0 spiro atoms. The third kappa shape index (κ3) is 3.13. The number of hydrogen-bond acceptors (Lipinski definition) is 1. The molecule has 0 radical (unpaired) electrons. The minimum Gasteiger partial charge on any atom is -0.481 e. The number of hydrogen-bond donors (Lipinski definition) is 1. The van der Waals surface area contributed by atoms with Crippen LogP contribution < -0.4 is 0 Å². The van der Waals surface area contributed by atoms with Crippen molar-refractivity contribution in [2.24, 2.45) is 16.2 Å². The third-order valence-electron chi connectivity index (χ3n) is 2.92. The van der Waals surface area contributed by atoms with Crippen LogP contribution in [-0.2, 0) is 4.79 Å². The van der Waals surface area contributed by atoms with Gasteiger partial charge in [-0.2, -0.15) is 13.2 Å². The summed E-state index contributed by atoms with van der Waals surface area (Å²) in [5.41, 5.74) is -4.84. The summed E-state index contributed by atoms with van der Waals surface area (Å²) in [6.07, 6.45) is -5.22. The maximum absolute atomic E-state index is 13.3. The Kier molecular flexibility index (Phi) is 3.99. The number of aliphatic carboxylic acids is 1. The first-order valence-electron chi connectivity index (χ1n) is 5.45. The number of alkyl halides is 3. The van der Waals surface area contributed by atoms with Gasteiger partial charge in [-0.25, -0.2) is 0 Å². The Balaban J connectivity index is 5.88. The lowest BCUT2D eigenvalue weighted by Gasteiger charge is -2.45. The second kappa shape index (κ2) is 4.18. The van der Waals surface area contributed by atoms with E-state index in [1.807, 2.05) is 0 Å². The molecule has 1 unspecified atom stereocenters. The Morgan fingerprint density at radius 2 is 1.35 bits per heavy atom. The molecule has 0 aliphatic heterocycles. The fourth-order valence-corrected chi connectivity index (χ4v) is 2.10. The summed E-state index contributed by atoms with van der Waals surface area (Å²) in [6.45, 7) is 8.80. The first-order valence-corrected chi connectivity index (χ1v) is 5.45. The quantitative estimate of drug-likeness (QED) is 0.805. The zero-order chi connectivity index (χ0) is 14.3. The second-order valence-electron chi connectivity index (χ2n) is 6.70. The smallest absolute Gasteiger partial charge is 0.405 e. The lowest BCUT2D eigenvalue weighted by Crippen LogP contribution is -2.55. The molecule has 17 heavy (non-hydrogen) atoms. The van der Waals surface area contributed by atoms with Gasteiger partial charge < -0.3 is 5.11 Å². The Morgan fingerprint density at radius 1 is 1.00 bits per heavy atom. The molecule has 0 heterocycles. The maximum atomic E-state index is 13.3. The van der Waals surface area contributed by atoms with Crippen LogP contribution in [0.3, 0.4) is 0 Å². The van der Waals surface area contributed by atoms with Crippen molar-refractivity contribution in [3.63, 3.8) is 0 Å². The number of rotatable bonds is 2. The highest BCUT2D eigenvalue weighted by atomic mass is 19.4. The van der Waals surface area contributed by atoms with Crippen LogP contribution in [0.2, 0.25) is 0 Å². The molecule has 0 rings (SSSR count). The predicted molar refractivity (Wildman–Crippen MR) is 59.7 cm³/mol. The van der Waals surface area contributed by atoms with Crippen LogP contribution in [0.4, 0.5) is 13.2 Å². The van der Waals surface area contributed by atoms with Crippen molar-refractivity contribution >= 4 is 5.97 Å². The second-order valence-corrected chi connectivity index (χ2v) is 6.70. The Labute approximate surface area is 100 Å². The first-order chi connectivity index (χ1) is 7.15. The summed E-state index contributed by atoms with van der Waals surface area (Å²) in [6, 6.07) is 0. The van der Waals surface area contributed by atoms with Gasteiger partial charge in [0.25, 0.3) is 0 Å². The van der Waals surface area contributed by atoms with Gasteiger partial charge in [-0.1, -0.05) is 41.5 Å². The van der Waals surface area contributed by atoms with Crippen LogP contribution >= 0.6 is 0 Å². The molecule has 0 aliphatic rings. The maximum Gasteiger partial charge on any atom is 0.405 e. The normalized spacial score (nSPS) is 17.7. The lowest BCUT2D eigenvalue weighted by molar-refractivity contribution is -0.266. The average Bonchev–Trinajstić information content (AvgIpc) is 1.92. The van der Waals surface area contributed by atoms with E-state index in [1.165, 1.54) is 20.8 Å². The zero-order valence-corrected chi connectivity index (χ0v) is 11.2. The van der Waals surface area contributed by atoms with Crippen molar-refractivity contribution in [3.8, 4) is 0 Å². The highest BCUT2D eigenvalue weighted by Crippen LogP contribution is 2.56. The fraction of sp³-hybridized carbons (Fsp3) is 0.917. The number of carboxylic acid groups (broad SMARTS) is 1. The van der Waals surface area contributed by atoms with Crippen LogP contribution in [0, 0.1) is 16.2 Å². The van der Waals surface area contributed by atoms with Crippen LogP contribution in [0.5, 0.6) is 0 Å². The summed E-state index contributed by atoms with van der Waals surface area (Å²) >= 11 is 0. The van der Waals surface area contributed by atoms with Gasteiger partial charge in [0.2, 0.25) is 0 Å². The monoisotopic (exact) mass is 254 g/mol. The topological polar surface area (TPSA) is 37.3 Å². The molecular formula is C12H21F3O2. The van der Waals surface area contributed by atoms with E-state index in [9.17, 15) is 18.0 Å². The van der Waals surface area contributed by atoms with Gasteiger partial charge in [0, 0.05) is 0 Å². The number of carbonyl (C=O) groups is 1. The summed E-state index contributed by atoms with van der Waals surface area (Å²) in [4.78, 5) is 11.3. The van der Waals surface area contributed by atoms with Crippen LogP contribution in [0.15, 0.2) is 0 Å². The molecule has 1 N–H and O–H groups in total. The van der Waals surface area contributed by atoms with Crippen molar-refractivity contribution in [2.75, 3.05) is 0 Å². The van der Waals surface area contributed by atoms with Gasteiger partial charge in [-0.15, -0.1) is 0 Å². The van der Waals surface area contributed by atoms with Gasteiger partial charge in [-0.3, -0.25) is 4.79 Å². The Bertz CT molecular complexity index is 278. The molecule has 0 saturated heterocycles. The molecule has 0 fully saturated rings. The van der Waals surface area contributed by atoms with E-state index < -0.39 is 34.8 Å². The minimum absolute atomic E-state index is 0.442. The first kappa shape index (κ1) is 16.3.